The van der Waals surface area contributed by atoms with E-state index in [-0.39, 0.29) is 0 Å². The zero-order chi connectivity index (χ0) is 14.9. The first kappa shape index (κ1) is 15.8. The van der Waals surface area contributed by atoms with Crippen LogP contribution in [0.2, 0.25) is 0 Å². The van der Waals surface area contributed by atoms with Gasteiger partial charge >= 0.3 is 0 Å². The highest BCUT2D eigenvalue weighted by molar-refractivity contribution is 4.94. The summed E-state index contributed by atoms with van der Waals surface area (Å²) in [5.41, 5.74) is 0.514. The molecule has 0 aromatic rings. The Hall–Kier alpha value is -0.0800. The second-order valence-corrected chi connectivity index (χ2v) is 8.95. The quantitative estimate of drug-likeness (QED) is 0.835. The van der Waals surface area contributed by atoms with Crippen molar-refractivity contribution in [2.75, 3.05) is 13.1 Å². The lowest BCUT2D eigenvalue weighted by atomic mass is 9.71. The largest absolute Gasteiger partial charge is 0.313 e. The van der Waals surface area contributed by atoms with Gasteiger partial charge in [-0.15, -0.1) is 0 Å². The van der Waals surface area contributed by atoms with E-state index in [1.54, 1.807) is 0 Å². The van der Waals surface area contributed by atoms with Crippen molar-refractivity contribution in [3.8, 4) is 0 Å². The zero-order valence-electron chi connectivity index (χ0n) is 14.5. The van der Waals surface area contributed by atoms with Crippen LogP contribution < -0.4 is 5.32 Å². The lowest BCUT2D eigenvalue weighted by Crippen LogP contribution is -2.49. The molecule has 0 radical (unpaired) electrons. The Kier molecular flexibility index (Phi) is 4.95. The second-order valence-electron chi connectivity index (χ2n) is 8.95. The molecule has 1 unspecified atom stereocenters. The van der Waals surface area contributed by atoms with Crippen LogP contribution in [-0.4, -0.2) is 36.1 Å². The lowest BCUT2D eigenvalue weighted by Gasteiger charge is -2.42. The average Bonchev–Trinajstić information content (AvgIpc) is 3.30. The SMILES string of the molecule is CC(C)(C)C1CCC(N(CC2CCCCN2)C2CC2)CC1. The van der Waals surface area contributed by atoms with Crippen molar-refractivity contribution >= 4 is 0 Å². The van der Waals surface area contributed by atoms with Gasteiger partial charge in [-0.05, 0) is 69.2 Å². The van der Waals surface area contributed by atoms with Gasteiger partial charge in [-0.25, -0.2) is 0 Å². The van der Waals surface area contributed by atoms with Crippen LogP contribution in [0, 0.1) is 11.3 Å². The van der Waals surface area contributed by atoms with Crippen molar-refractivity contribution in [1.29, 1.82) is 0 Å². The van der Waals surface area contributed by atoms with Gasteiger partial charge in [-0.2, -0.15) is 0 Å². The molecule has 3 rings (SSSR count). The summed E-state index contributed by atoms with van der Waals surface area (Å²) in [6.45, 7) is 9.88. The summed E-state index contributed by atoms with van der Waals surface area (Å²) < 4.78 is 0. The Balaban J connectivity index is 1.53. The second kappa shape index (κ2) is 6.58. The molecule has 0 aromatic carbocycles. The zero-order valence-corrected chi connectivity index (χ0v) is 14.5. The third-order valence-corrected chi connectivity index (χ3v) is 6.25. The molecular weight excluding hydrogens is 256 g/mol. The van der Waals surface area contributed by atoms with Crippen LogP contribution in [-0.2, 0) is 0 Å². The van der Waals surface area contributed by atoms with Crippen molar-refractivity contribution in [3.63, 3.8) is 0 Å². The van der Waals surface area contributed by atoms with Crippen LogP contribution in [0.1, 0.15) is 78.6 Å². The highest BCUT2D eigenvalue weighted by Gasteiger charge is 2.38. The molecule has 1 heterocycles. The van der Waals surface area contributed by atoms with Crippen molar-refractivity contribution in [2.45, 2.75) is 96.7 Å². The first-order valence-electron chi connectivity index (χ1n) is 9.53. The minimum atomic E-state index is 0.514. The first-order valence-corrected chi connectivity index (χ1v) is 9.53. The van der Waals surface area contributed by atoms with E-state index >= 15 is 0 Å². The molecule has 122 valence electrons. The molecular formula is C19H36N2. The summed E-state index contributed by atoms with van der Waals surface area (Å²) in [7, 11) is 0. The molecule has 1 saturated heterocycles. The Morgan fingerprint density at radius 1 is 0.857 bits per heavy atom. The van der Waals surface area contributed by atoms with Crippen LogP contribution in [0.4, 0.5) is 0 Å². The maximum absolute atomic E-state index is 3.76. The Bertz CT molecular complexity index is 315. The van der Waals surface area contributed by atoms with Gasteiger partial charge in [-0.1, -0.05) is 27.2 Å². The molecule has 0 amide bonds. The van der Waals surface area contributed by atoms with E-state index in [2.05, 4.69) is 31.0 Å². The van der Waals surface area contributed by atoms with Gasteiger partial charge in [0.25, 0.3) is 0 Å². The molecule has 0 bridgehead atoms. The average molecular weight is 293 g/mol. The molecule has 2 saturated carbocycles. The van der Waals surface area contributed by atoms with E-state index in [0.29, 0.717) is 5.41 Å². The van der Waals surface area contributed by atoms with Gasteiger partial charge in [0.2, 0.25) is 0 Å². The number of nitrogens with one attached hydrogen (secondary N) is 1. The highest BCUT2D eigenvalue weighted by atomic mass is 15.2. The summed E-state index contributed by atoms with van der Waals surface area (Å²) in [5, 5.41) is 3.76. The summed E-state index contributed by atoms with van der Waals surface area (Å²) in [6, 6.07) is 2.60. The monoisotopic (exact) mass is 292 g/mol. The van der Waals surface area contributed by atoms with Crippen molar-refractivity contribution in [1.82, 2.24) is 10.2 Å². The molecule has 1 aliphatic heterocycles. The first-order chi connectivity index (χ1) is 10.0. The normalized spacial score (nSPS) is 35.1. The van der Waals surface area contributed by atoms with Crippen LogP contribution >= 0.6 is 0 Å². The minimum Gasteiger partial charge on any atom is -0.313 e. The molecule has 2 aliphatic carbocycles. The third-order valence-electron chi connectivity index (χ3n) is 6.25. The van der Waals surface area contributed by atoms with Crippen molar-refractivity contribution in [2.24, 2.45) is 11.3 Å². The van der Waals surface area contributed by atoms with Gasteiger partial charge in [0.05, 0.1) is 0 Å². The molecule has 3 aliphatic rings. The Morgan fingerprint density at radius 2 is 1.48 bits per heavy atom. The summed E-state index contributed by atoms with van der Waals surface area (Å²) in [4.78, 5) is 2.92. The molecule has 3 fully saturated rings. The van der Waals surface area contributed by atoms with Crippen LogP contribution in [0.25, 0.3) is 0 Å². The molecule has 21 heavy (non-hydrogen) atoms. The smallest absolute Gasteiger partial charge is 0.0195 e. The lowest BCUT2D eigenvalue weighted by molar-refractivity contribution is 0.0805. The fraction of sp³-hybridized carbons (Fsp3) is 1.00. The van der Waals surface area contributed by atoms with E-state index in [0.717, 1.165) is 24.0 Å². The predicted molar refractivity (Wildman–Crippen MR) is 90.6 cm³/mol. The Labute approximate surface area is 132 Å². The molecule has 1 atom stereocenters. The van der Waals surface area contributed by atoms with E-state index in [4.69, 9.17) is 0 Å². The molecule has 2 nitrogen and oxygen atoms in total. The molecule has 2 heteroatoms. The van der Waals surface area contributed by atoms with Gasteiger partial charge in [0.15, 0.2) is 0 Å². The highest BCUT2D eigenvalue weighted by Crippen LogP contribution is 2.41. The van der Waals surface area contributed by atoms with Gasteiger partial charge in [0, 0.05) is 24.7 Å². The van der Waals surface area contributed by atoms with E-state index in [9.17, 15) is 0 Å². The number of piperidine rings is 1. The molecule has 0 spiro atoms. The van der Waals surface area contributed by atoms with Gasteiger partial charge in [-0.3, -0.25) is 4.90 Å². The summed E-state index contributed by atoms with van der Waals surface area (Å²) in [6.07, 6.45) is 13.0. The van der Waals surface area contributed by atoms with E-state index < -0.39 is 0 Å². The fourth-order valence-corrected chi connectivity index (χ4v) is 4.61. The number of nitrogens with zero attached hydrogens (tertiary/aromatic N) is 1. The van der Waals surface area contributed by atoms with Gasteiger partial charge in [0.1, 0.15) is 0 Å². The van der Waals surface area contributed by atoms with Crippen LogP contribution in [0.15, 0.2) is 0 Å². The standard InChI is InChI=1S/C19H36N2/c1-19(2,3)15-7-9-17(10-8-15)21(18-11-12-18)14-16-6-4-5-13-20-16/h15-18,20H,4-14H2,1-3H3. The molecule has 0 aromatic heterocycles. The van der Waals surface area contributed by atoms with E-state index in [1.807, 2.05) is 0 Å². The third kappa shape index (κ3) is 4.22. The fourth-order valence-electron chi connectivity index (χ4n) is 4.61. The maximum atomic E-state index is 3.76. The van der Waals surface area contributed by atoms with E-state index in [1.165, 1.54) is 70.9 Å². The predicted octanol–water partition coefficient (Wildman–Crippen LogP) is 4.20. The summed E-state index contributed by atoms with van der Waals surface area (Å²) in [5.74, 6) is 0.947. The number of rotatable bonds is 4. The maximum Gasteiger partial charge on any atom is 0.0195 e. The number of hydrogen-bond donors (Lipinski definition) is 1. The van der Waals surface area contributed by atoms with Crippen molar-refractivity contribution in [3.05, 3.63) is 0 Å². The van der Waals surface area contributed by atoms with Crippen LogP contribution in [0.3, 0.4) is 0 Å². The topological polar surface area (TPSA) is 15.3 Å². The van der Waals surface area contributed by atoms with Crippen LogP contribution in [0.5, 0.6) is 0 Å². The summed E-state index contributed by atoms with van der Waals surface area (Å²) >= 11 is 0. The Morgan fingerprint density at radius 3 is 1.95 bits per heavy atom. The van der Waals surface area contributed by atoms with Crippen molar-refractivity contribution < 1.29 is 0 Å². The minimum absolute atomic E-state index is 0.514. The van der Waals surface area contributed by atoms with Gasteiger partial charge < -0.3 is 5.32 Å². The number of hydrogen-bond acceptors (Lipinski definition) is 2. The molecule has 1 N–H and O–H groups in total.